The largest absolute Gasteiger partial charge is 0.223 e. The zero-order valence-electron chi connectivity index (χ0n) is 6.53. The van der Waals surface area contributed by atoms with E-state index in [1.165, 1.54) is 18.2 Å². The summed E-state index contributed by atoms with van der Waals surface area (Å²) in [5, 5.41) is 0. The molecule has 1 aromatic rings. The van der Waals surface area contributed by atoms with E-state index in [1.807, 2.05) is 0 Å². The fraction of sp³-hybridized carbons (Fsp3) is 0.111. The number of hydrogen-bond acceptors (Lipinski definition) is 2. The van der Waals surface area contributed by atoms with Gasteiger partial charge in [0.2, 0.25) is 0 Å². The molecule has 0 aromatic heterocycles. The molecule has 0 heterocycles. The van der Waals surface area contributed by atoms with Crippen LogP contribution in [0.3, 0.4) is 0 Å². The lowest BCUT2D eigenvalue weighted by Crippen LogP contribution is -2.03. The zero-order valence-corrected chi connectivity index (χ0v) is 7.34. The molecule has 0 N–H and O–H groups in total. The summed E-state index contributed by atoms with van der Waals surface area (Å²) >= 11 is 0. The SMILES string of the molecule is C=CCS(=O)(=O)c1cc[c]cc1. The van der Waals surface area contributed by atoms with Crippen molar-refractivity contribution in [1.82, 2.24) is 0 Å². The molecule has 63 valence electrons. The van der Waals surface area contributed by atoms with Crippen LogP contribution in [0.25, 0.3) is 0 Å². The van der Waals surface area contributed by atoms with Crippen LogP contribution in [0.15, 0.2) is 41.8 Å². The highest BCUT2D eigenvalue weighted by Crippen LogP contribution is 2.09. The first-order valence-corrected chi connectivity index (χ1v) is 5.12. The highest BCUT2D eigenvalue weighted by Gasteiger charge is 2.10. The van der Waals surface area contributed by atoms with Crippen LogP contribution in [0.2, 0.25) is 0 Å². The lowest BCUT2D eigenvalue weighted by molar-refractivity contribution is 0.599. The molecule has 0 bridgehead atoms. The van der Waals surface area contributed by atoms with E-state index >= 15 is 0 Å². The standard InChI is InChI=1S/C9H9O2S/c1-2-8-12(10,11)9-6-4-3-5-7-9/h2,4-7H,1,8H2. The van der Waals surface area contributed by atoms with Crippen molar-refractivity contribution in [2.45, 2.75) is 4.90 Å². The van der Waals surface area contributed by atoms with Gasteiger partial charge in [0.05, 0.1) is 10.6 Å². The minimum atomic E-state index is -3.15. The van der Waals surface area contributed by atoms with E-state index in [0.29, 0.717) is 4.90 Å². The van der Waals surface area contributed by atoms with Gasteiger partial charge in [-0.25, -0.2) is 8.42 Å². The molecular formula is C9H9O2S. The maximum absolute atomic E-state index is 11.3. The van der Waals surface area contributed by atoms with Gasteiger partial charge in [0.25, 0.3) is 0 Å². The number of benzene rings is 1. The molecule has 0 aliphatic heterocycles. The molecule has 2 nitrogen and oxygen atoms in total. The topological polar surface area (TPSA) is 34.1 Å². The van der Waals surface area contributed by atoms with Gasteiger partial charge in [-0.05, 0) is 18.2 Å². The van der Waals surface area contributed by atoms with Crippen LogP contribution >= 0.6 is 0 Å². The average molecular weight is 181 g/mol. The summed E-state index contributed by atoms with van der Waals surface area (Å²) in [7, 11) is -3.15. The van der Waals surface area contributed by atoms with Crippen molar-refractivity contribution in [3.8, 4) is 0 Å². The first kappa shape index (κ1) is 9.00. The molecule has 0 fully saturated rings. The van der Waals surface area contributed by atoms with Gasteiger partial charge in [0, 0.05) is 0 Å². The van der Waals surface area contributed by atoms with Crippen molar-refractivity contribution >= 4 is 9.84 Å². The Hall–Kier alpha value is -1.09. The molecule has 0 saturated carbocycles. The third kappa shape index (κ3) is 1.95. The van der Waals surface area contributed by atoms with Gasteiger partial charge < -0.3 is 0 Å². The minimum Gasteiger partial charge on any atom is -0.223 e. The second kappa shape index (κ2) is 3.54. The Bertz CT molecular complexity index is 351. The summed E-state index contributed by atoms with van der Waals surface area (Å²) in [5.74, 6) is -0.0169. The first-order chi connectivity index (χ1) is 5.67. The van der Waals surface area contributed by atoms with Crippen LogP contribution in [0.4, 0.5) is 0 Å². The van der Waals surface area contributed by atoms with E-state index in [0.717, 1.165) is 0 Å². The van der Waals surface area contributed by atoms with E-state index in [1.54, 1.807) is 12.1 Å². The Morgan fingerprint density at radius 2 is 2.00 bits per heavy atom. The maximum Gasteiger partial charge on any atom is 0.181 e. The number of sulfone groups is 1. The molecule has 0 aliphatic carbocycles. The van der Waals surface area contributed by atoms with Gasteiger partial charge in [-0.1, -0.05) is 18.2 Å². The Balaban J connectivity index is 3.07. The molecule has 0 saturated heterocycles. The normalized spacial score (nSPS) is 11.0. The van der Waals surface area contributed by atoms with Gasteiger partial charge in [-0.2, -0.15) is 0 Å². The van der Waals surface area contributed by atoms with Crippen LogP contribution < -0.4 is 0 Å². The maximum atomic E-state index is 11.3. The quantitative estimate of drug-likeness (QED) is 0.661. The van der Waals surface area contributed by atoms with E-state index < -0.39 is 9.84 Å². The van der Waals surface area contributed by atoms with Crippen molar-refractivity contribution in [1.29, 1.82) is 0 Å². The minimum absolute atomic E-state index is 0.0169. The average Bonchev–Trinajstić information content (AvgIpc) is 2.06. The van der Waals surface area contributed by atoms with Crippen LogP contribution in [-0.2, 0) is 9.84 Å². The van der Waals surface area contributed by atoms with Crippen molar-refractivity contribution in [2.75, 3.05) is 5.75 Å². The monoisotopic (exact) mass is 181 g/mol. The predicted molar refractivity (Wildman–Crippen MR) is 47.5 cm³/mol. The van der Waals surface area contributed by atoms with Crippen LogP contribution in [0.1, 0.15) is 0 Å². The lowest BCUT2D eigenvalue weighted by atomic mass is 10.4. The fourth-order valence-electron chi connectivity index (χ4n) is 0.830. The second-order valence-electron chi connectivity index (χ2n) is 2.31. The molecule has 0 unspecified atom stereocenters. The Labute approximate surface area is 72.5 Å². The van der Waals surface area contributed by atoms with Gasteiger partial charge >= 0.3 is 0 Å². The van der Waals surface area contributed by atoms with E-state index in [-0.39, 0.29) is 5.75 Å². The molecule has 12 heavy (non-hydrogen) atoms. The molecule has 1 radical (unpaired) electrons. The summed E-state index contributed by atoms with van der Waals surface area (Å²) in [5.41, 5.74) is 0. The third-order valence-electron chi connectivity index (χ3n) is 1.38. The van der Waals surface area contributed by atoms with Crippen LogP contribution in [0, 0.1) is 6.07 Å². The molecule has 3 heteroatoms. The Morgan fingerprint density at radius 1 is 1.42 bits per heavy atom. The smallest absolute Gasteiger partial charge is 0.181 e. The van der Waals surface area contributed by atoms with Crippen molar-refractivity contribution in [3.63, 3.8) is 0 Å². The van der Waals surface area contributed by atoms with E-state index in [2.05, 4.69) is 12.6 Å². The lowest BCUT2D eigenvalue weighted by Gasteiger charge is -1.98. The summed E-state index contributed by atoms with van der Waals surface area (Å²) in [4.78, 5) is 0.321. The fourth-order valence-corrected chi connectivity index (χ4v) is 1.88. The highest BCUT2D eigenvalue weighted by atomic mass is 32.2. The van der Waals surface area contributed by atoms with Crippen molar-refractivity contribution < 1.29 is 8.42 Å². The number of hydrogen-bond donors (Lipinski definition) is 0. The zero-order chi connectivity index (χ0) is 9.03. The Kier molecular flexibility index (Phi) is 2.65. The predicted octanol–water partition coefficient (Wildman–Crippen LogP) is 1.45. The summed E-state index contributed by atoms with van der Waals surface area (Å²) in [6.07, 6.45) is 1.38. The van der Waals surface area contributed by atoms with Crippen LogP contribution in [-0.4, -0.2) is 14.2 Å². The van der Waals surface area contributed by atoms with Gasteiger partial charge in [0.15, 0.2) is 9.84 Å². The summed E-state index contributed by atoms with van der Waals surface area (Å²) in [6, 6.07) is 8.97. The molecule has 0 atom stereocenters. The van der Waals surface area contributed by atoms with E-state index in [9.17, 15) is 8.42 Å². The summed E-state index contributed by atoms with van der Waals surface area (Å²) < 4.78 is 22.7. The molecule has 1 aromatic carbocycles. The van der Waals surface area contributed by atoms with E-state index in [4.69, 9.17) is 0 Å². The third-order valence-corrected chi connectivity index (χ3v) is 3.05. The van der Waals surface area contributed by atoms with Crippen molar-refractivity contribution in [2.24, 2.45) is 0 Å². The van der Waals surface area contributed by atoms with Gasteiger partial charge in [-0.3, -0.25) is 0 Å². The second-order valence-corrected chi connectivity index (χ2v) is 4.34. The highest BCUT2D eigenvalue weighted by molar-refractivity contribution is 7.91. The molecule has 0 spiro atoms. The van der Waals surface area contributed by atoms with Crippen LogP contribution in [0.5, 0.6) is 0 Å². The van der Waals surface area contributed by atoms with Crippen molar-refractivity contribution in [3.05, 3.63) is 43.0 Å². The first-order valence-electron chi connectivity index (χ1n) is 3.46. The van der Waals surface area contributed by atoms with Gasteiger partial charge in [0.1, 0.15) is 0 Å². The molecular weight excluding hydrogens is 172 g/mol. The molecule has 0 amide bonds. The molecule has 1 rings (SSSR count). The molecule has 0 aliphatic rings. The summed E-state index contributed by atoms with van der Waals surface area (Å²) in [6.45, 7) is 3.38. The van der Waals surface area contributed by atoms with Gasteiger partial charge in [-0.15, -0.1) is 6.58 Å². The Morgan fingerprint density at radius 3 is 2.50 bits per heavy atom. The number of rotatable bonds is 3.